The van der Waals surface area contributed by atoms with Crippen LogP contribution in [-0.2, 0) is 6.54 Å². The third-order valence-corrected chi connectivity index (χ3v) is 2.62. The number of nitrogens with two attached hydrogens (primary N) is 1. The van der Waals surface area contributed by atoms with Crippen LogP contribution >= 0.6 is 0 Å². The number of rotatable bonds is 2. The van der Waals surface area contributed by atoms with E-state index in [1.807, 2.05) is 0 Å². The van der Waals surface area contributed by atoms with Crippen molar-refractivity contribution < 1.29 is 13.2 Å². The molecule has 2 rings (SSSR count). The van der Waals surface area contributed by atoms with Crippen LogP contribution in [0.3, 0.4) is 0 Å². The van der Waals surface area contributed by atoms with Gasteiger partial charge in [-0.1, -0.05) is 0 Å². The molecule has 92 valence electrons. The maximum Gasteiger partial charge on any atom is 0.196 e. The van der Waals surface area contributed by atoms with Crippen LogP contribution in [0.5, 0.6) is 0 Å². The van der Waals surface area contributed by atoms with Crippen LogP contribution in [0.2, 0.25) is 0 Å². The highest BCUT2D eigenvalue weighted by Gasteiger charge is 2.21. The zero-order valence-electron chi connectivity index (χ0n) is 9.47. The summed E-state index contributed by atoms with van der Waals surface area (Å²) < 4.78 is 41.3. The lowest BCUT2D eigenvalue weighted by Crippen LogP contribution is -2.13. The molecule has 3 nitrogen and oxygen atoms in total. The van der Waals surface area contributed by atoms with Gasteiger partial charge in [0.1, 0.15) is 11.3 Å². The van der Waals surface area contributed by atoms with E-state index in [0.717, 1.165) is 6.07 Å². The molecule has 0 fully saturated rings. The summed E-state index contributed by atoms with van der Waals surface area (Å²) in [6, 6.07) is 0.444. The Kier molecular flexibility index (Phi) is 2.82. The Morgan fingerprint density at radius 1 is 1.35 bits per heavy atom. The summed E-state index contributed by atoms with van der Waals surface area (Å²) in [6.45, 7) is 3.82. The van der Waals surface area contributed by atoms with Crippen LogP contribution in [0.4, 0.5) is 13.2 Å². The fourth-order valence-corrected chi connectivity index (χ4v) is 1.88. The molecule has 0 radical (unpaired) electrons. The van der Waals surface area contributed by atoms with Gasteiger partial charge in [0.25, 0.3) is 0 Å². The summed E-state index contributed by atoms with van der Waals surface area (Å²) in [7, 11) is 0. The van der Waals surface area contributed by atoms with Gasteiger partial charge in [0, 0.05) is 12.6 Å². The number of nitrogens with zero attached hydrogens (tertiary/aromatic N) is 2. The van der Waals surface area contributed by atoms with Crippen LogP contribution in [0, 0.1) is 17.5 Å². The third-order valence-electron chi connectivity index (χ3n) is 2.62. The van der Waals surface area contributed by atoms with Gasteiger partial charge in [-0.15, -0.1) is 0 Å². The van der Waals surface area contributed by atoms with Gasteiger partial charge < -0.3 is 10.3 Å². The first kappa shape index (κ1) is 11.9. The Labute approximate surface area is 96.0 Å². The molecule has 0 saturated carbocycles. The summed E-state index contributed by atoms with van der Waals surface area (Å²) in [6.07, 6.45) is 0. The van der Waals surface area contributed by atoms with Gasteiger partial charge in [-0.2, -0.15) is 0 Å². The molecule has 1 atom stereocenters. The Hall–Kier alpha value is -1.56. The minimum absolute atomic E-state index is 0.0429. The number of imidazole rings is 1. The highest BCUT2D eigenvalue weighted by atomic mass is 19.2. The summed E-state index contributed by atoms with van der Waals surface area (Å²) >= 11 is 0. The van der Waals surface area contributed by atoms with E-state index in [4.69, 9.17) is 5.73 Å². The van der Waals surface area contributed by atoms with Crippen molar-refractivity contribution in [3.63, 3.8) is 0 Å². The molecule has 0 aliphatic carbocycles. The van der Waals surface area contributed by atoms with Crippen LogP contribution in [0.1, 0.15) is 25.7 Å². The molecular formula is C11H12F3N3. The lowest BCUT2D eigenvalue weighted by Gasteiger charge is -2.08. The zero-order chi connectivity index (χ0) is 12.7. The molecule has 0 saturated heterocycles. The van der Waals surface area contributed by atoms with Crippen molar-refractivity contribution in [3.8, 4) is 0 Å². The van der Waals surface area contributed by atoms with E-state index < -0.39 is 23.5 Å². The van der Waals surface area contributed by atoms with Gasteiger partial charge >= 0.3 is 0 Å². The molecule has 0 aliphatic rings. The number of aromatic nitrogens is 2. The number of aryl methyl sites for hydroxylation is 1. The molecule has 2 aromatic rings. The minimum Gasteiger partial charge on any atom is -0.324 e. The molecule has 6 heteroatoms. The topological polar surface area (TPSA) is 43.8 Å². The van der Waals surface area contributed by atoms with Gasteiger partial charge in [-0.3, -0.25) is 0 Å². The first-order valence-corrected chi connectivity index (χ1v) is 5.26. The van der Waals surface area contributed by atoms with Crippen molar-refractivity contribution >= 4 is 11.0 Å². The highest BCUT2D eigenvalue weighted by molar-refractivity contribution is 5.77. The molecule has 1 aromatic heterocycles. The number of halogens is 3. The predicted octanol–water partition coefficient (Wildman–Crippen LogP) is 2.49. The summed E-state index contributed by atoms with van der Waals surface area (Å²) in [5.74, 6) is -3.54. The third kappa shape index (κ3) is 1.68. The number of hydrogen-bond donors (Lipinski definition) is 1. The van der Waals surface area contributed by atoms with Crippen LogP contribution in [0.25, 0.3) is 11.0 Å². The standard InChI is InChI=1S/C11H12F3N3/c1-3-17-10-7(16-11(17)5(2)15)4-6(12)8(13)9(10)14/h4-5H,3,15H2,1-2H3/t5-/m1/s1. The second kappa shape index (κ2) is 4.03. The van der Waals surface area contributed by atoms with E-state index in [-0.39, 0.29) is 11.0 Å². The Morgan fingerprint density at radius 3 is 2.53 bits per heavy atom. The molecule has 0 aliphatic heterocycles. The fraction of sp³-hybridized carbons (Fsp3) is 0.364. The maximum absolute atomic E-state index is 13.7. The lowest BCUT2D eigenvalue weighted by molar-refractivity contribution is 0.450. The lowest BCUT2D eigenvalue weighted by atomic mass is 10.2. The van der Waals surface area contributed by atoms with E-state index in [2.05, 4.69) is 4.98 Å². The van der Waals surface area contributed by atoms with Gasteiger partial charge in [-0.05, 0) is 13.8 Å². The number of fused-ring (bicyclic) bond motifs is 1. The molecule has 17 heavy (non-hydrogen) atoms. The van der Waals surface area contributed by atoms with E-state index in [0.29, 0.717) is 12.4 Å². The normalized spacial score (nSPS) is 13.3. The van der Waals surface area contributed by atoms with Crippen molar-refractivity contribution in [1.82, 2.24) is 9.55 Å². The van der Waals surface area contributed by atoms with Crippen molar-refractivity contribution in [1.29, 1.82) is 0 Å². The van der Waals surface area contributed by atoms with Crippen LogP contribution in [0.15, 0.2) is 6.07 Å². The molecule has 0 bridgehead atoms. The molecule has 1 aromatic carbocycles. The first-order chi connectivity index (χ1) is 7.97. The van der Waals surface area contributed by atoms with Crippen molar-refractivity contribution in [2.24, 2.45) is 5.73 Å². The number of hydrogen-bond acceptors (Lipinski definition) is 2. The molecule has 0 unspecified atom stereocenters. The quantitative estimate of drug-likeness (QED) is 0.823. The van der Waals surface area contributed by atoms with Crippen molar-refractivity contribution in [2.45, 2.75) is 26.4 Å². The minimum atomic E-state index is -1.48. The van der Waals surface area contributed by atoms with E-state index in [9.17, 15) is 13.2 Å². The van der Waals surface area contributed by atoms with Gasteiger partial charge in [0.15, 0.2) is 17.5 Å². The predicted molar refractivity (Wildman–Crippen MR) is 57.9 cm³/mol. The fourth-order valence-electron chi connectivity index (χ4n) is 1.88. The van der Waals surface area contributed by atoms with E-state index in [1.54, 1.807) is 13.8 Å². The van der Waals surface area contributed by atoms with Crippen molar-refractivity contribution in [3.05, 3.63) is 29.3 Å². The smallest absolute Gasteiger partial charge is 0.196 e. The molecule has 0 amide bonds. The van der Waals surface area contributed by atoms with Gasteiger partial charge in [0.2, 0.25) is 0 Å². The van der Waals surface area contributed by atoms with Crippen LogP contribution in [-0.4, -0.2) is 9.55 Å². The summed E-state index contributed by atoms with van der Waals surface area (Å²) in [4.78, 5) is 4.04. The second-order valence-corrected chi connectivity index (χ2v) is 3.86. The second-order valence-electron chi connectivity index (χ2n) is 3.86. The molecular weight excluding hydrogens is 231 g/mol. The monoisotopic (exact) mass is 243 g/mol. The number of benzene rings is 1. The summed E-state index contributed by atoms with van der Waals surface area (Å²) in [5, 5.41) is 0. The molecule has 0 spiro atoms. The van der Waals surface area contributed by atoms with Gasteiger partial charge in [-0.25, -0.2) is 18.2 Å². The van der Waals surface area contributed by atoms with Crippen molar-refractivity contribution in [2.75, 3.05) is 0 Å². The van der Waals surface area contributed by atoms with Gasteiger partial charge in [0.05, 0.1) is 11.6 Å². The SMILES string of the molecule is CCn1c([C@@H](C)N)nc2cc(F)c(F)c(F)c21. The average Bonchev–Trinajstić information content (AvgIpc) is 2.64. The largest absolute Gasteiger partial charge is 0.324 e. The highest BCUT2D eigenvalue weighted by Crippen LogP contribution is 2.25. The average molecular weight is 243 g/mol. The van der Waals surface area contributed by atoms with Crippen LogP contribution < -0.4 is 5.73 Å². The zero-order valence-corrected chi connectivity index (χ0v) is 9.47. The first-order valence-electron chi connectivity index (χ1n) is 5.26. The van der Waals surface area contributed by atoms with E-state index in [1.165, 1.54) is 4.57 Å². The Morgan fingerprint density at radius 2 is 2.00 bits per heavy atom. The maximum atomic E-state index is 13.7. The Balaban J connectivity index is 2.88. The van der Waals surface area contributed by atoms with E-state index >= 15 is 0 Å². The molecule has 1 heterocycles. The molecule has 2 N–H and O–H groups in total. The summed E-state index contributed by atoms with van der Waals surface area (Å²) in [5.41, 5.74) is 5.72. The Bertz CT molecular complexity index is 575.